The Kier molecular flexibility index (Phi) is 4.02. The number of benzene rings is 1. The van der Waals surface area contributed by atoms with E-state index in [1.54, 1.807) is 29.4 Å². The lowest BCUT2D eigenvalue weighted by molar-refractivity contribution is 0.0988. The Bertz CT molecular complexity index is 620. The van der Waals surface area contributed by atoms with E-state index in [1.807, 2.05) is 13.8 Å². The zero-order chi connectivity index (χ0) is 15.0. The summed E-state index contributed by atoms with van der Waals surface area (Å²) in [6, 6.07) is 6.37. The highest BCUT2D eigenvalue weighted by molar-refractivity contribution is 7.89. The van der Waals surface area contributed by atoms with Crippen LogP contribution in [-0.4, -0.2) is 30.6 Å². The molecular formula is C15H21NO3S. The Hall–Kier alpha value is -1.20. The van der Waals surface area contributed by atoms with Gasteiger partial charge in [-0.3, -0.25) is 4.79 Å². The van der Waals surface area contributed by atoms with Crippen molar-refractivity contribution in [2.24, 2.45) is 0 Å². The number of nitrogens with zero attached hydrogens (tertiary/aromatic N) is 1. The molecule has 0 bridgehead atoms. The predicted molar refractivity (Wildman–Crippen MR) is 78.3 cm³/mol. The number of carbonyl (C=O) groups excluding carboxylic acids is 1. The third-order valence-corrected chi connectivity index (χ3v) is 6.00. The molecule has 0 aromatic heterocycles. The molecule has 1 aliphatic heterocycles. The lowest BCUT2D eigenvalue weighted by Gasteiger charge is -2.30. The van der Waals surface area contributed by atoms with Gasteiger partial charge in [0.25, 0.3) is 0 Å². The van der Waals surface area contributed by atoms with E-state index in [1.165, 1.54) is 6.07 Å². The van der Waals surface area contributed by atoms with Gasteiger partial charge in [0.2, 0.25) is 10.0 Å². The van der Waals surface area contributed by atoms with Gasteiger partial charge in [0.1, 0.15) is 0 Å². The van der Waals surface area contributed by atoms with E-state index in [0.29, 0.717) is 18.5 Å². The van der Waals surface area contributed by atoms with Crippen molar-refractivity contribution < 1.29 is 13.2 Å². The molecule has 0 amide bonds. The topological polar surface area (TPSA) is 54.5 Å². The summed E-state index contributed by atoms with van der Waals surface area (Å²) in [4.78, 5) is 11.9. The summed E-state index contributed by atoms with van der Waals surface area (Å²) in [5.74, 6) is -0.0391. The van der Waals surface area contributed by atoms with Crippen LogP contribution in [0.1, 0.15) is 50.4 Å². The molecule has 4 nitrogen and oxygen atoms in total. The van der Waals surface area contributed by atoms with Crippen molar-refractivity contribution in [2.75, 3.05) is 6.54 Å². The summed E-state index contributed by atoms with van der Waals surface area (Å²) in [6.45, 7) is 6.20. The second-order valence-electron chi connectivity index (χ2n) is 5.80. The second kappa shape index (κ2) is 5.30. The van der Waals surface area contributed by atoms with E-state index >= 15 is 0 Å². The SMILES string of the molecule is CCC(=O)c1cccc(S(=O)(=O)N2CCCC2(C)C)c1. The first-order valence-electron chi connectivity index (χ1n) is 6.95. The third kappa shape index (κ3) is 2.65. The summed E-state index contributed by atoms with van der Waals surface area (Å²) in [7, 11) is -3.53. The fraction of sp³-hybridized carbons (Fsp3) is 0.533. The van der Waals surface area contributed by atoms with Gasteiger partial charge in [0.15, 0.2) is 5.78 Å². The summed E-state index contributed by atoms with van der Waals surface area (Å²) in [6.07, 6.45) is 2.11. The fourth-order valence-electron chi connectivity index (χ4n) is 2.69. The van der Waals surface area contributed by atoms with E-state index in [9.17, 15) is 13.2 Å². The highest BCUT2D eigenvalue weighted by Crippen LogP contribution is 2.34. The zero-order valence-electron chi connectivity index (χ0n) is 12.2. The van der Waals surface area contributed by atoms with Crippen molar-refractivity contribution in [1.82, 2.24) is 4.31 Å². The minimum Gasteiger partial charge on any atom is -0.294 e. The van der Waals surface area contributed by atoms with Gasteiger partial charge in [-0.25, -0.2) is 8.42 Å². The van der Waals surface area contributed by atoms with Gasteiger partial charge in [-0.1, -0.05) is 19.1 Å². The Labute approximate surface area is 120 Å². The van der Waals surface area contributed by atoms with E-state index < -0.39 is 10.0 Å². The van der Waals surface area contributed by atoms with Gasteiger partial charge in [0, 0.05) is 24.1 Å². The number of carbonyl (C=O) groups is 1. The Morgan fingerprint density at radius 3 is 2.60 bits per heavy atom. The molecule has 110 valence electrons. The molecular weight excluding hydrogens is 274 g/mol. The zero-order valence-corrected chi connectivity index (χ0v) is 13.0. The van der Waals surface area contributed by atoms with Crippen LogP contribution < -0.4 is 0 Å². The molecule has 0 saturated carbocycles. The van der Waals surface area contributed by atoms with Crippen molar-refractivity contribution in [3.63, 3.8) is 0 Å². The summed E-state index contributed by atoms with van der Waals surface area (Å²) < 4.78 is 27.0. The van der Waals surface area contributed by atoms with Crippen LogP contribution in [0.25, 0.3) is 0 Å². The van der Waals surface area contributed by atoms with E-state index in [2.05, 4.69) is 0 Å². The van der Waals surface area contributed by atoms with E-state index in [-0.39, 0.29) is 16.2 Å². The lowest BCUT2D eigenvalue weighted by atomic mass is 10.0. The van der Waals surface area contributed by atoms with Crippen LogP contribution in [0.5, 0.6) is 0 Å². The van der Waals surface area contributed by atoms with Crippen molar-refractivity contribution in [3.8, 4) is 0 Å². The quantitative estimate of drug-likeness (QED) is 0.803. The molecule has 1 fully saturated rings. The normalized spacial score (nSPS) is 19.1. The number of sulfonamides is 1. The molecule has 1 heterocycles. The van der Waals surface area contributed by atoms with Crippen LogP contribution in [0.4, 0.5) is 0 Å². The molecule has 1 aromatic carbocycles. The molecule has 0 aliphatic carbocycles. The first kappa shape index (κ1) is 15.2. The first-order valence-corrected chi connectivity index (χ1v) is 8.39. The van der Waals surface area contributed by atoms with E-state index in [4.69, 9.17) is 0 Å². The van der Waals surface area contributed by atoms with Gasteiger partial charge in [-0.05, 0) is 38.8 Å². The van der Waals surface area contributed by atoms with Crippen LogP contribution in [0.2, 0.25) is 0 Å². The van der Waals surface area contributed by atoms with Gasteiger partial charge < -0.3 is 0 Å². The Morgan fingerprint density at radius 1 is 1.35 bits per heavy atom. The van der Waals surface area contributed by atoms with Crippen LogP contribution in [0.3, 0.4) is 0 Å². The molecule has 0 spiro atoms. The van der Waals surface area contributed by atoms with Crippen molar-refractivity contribution in [3.05, 3.63) is 29.8 Å². The molecule has 5 heteroatoms. The minimum atomic E-state index is -3.53. The molecule has 1 aliphatic rings. The van der Waals surface area contributed by atoms with Crippen LogP contribution in [0, 0.1) is 0 Å². The average molecular weight is 295 g/mol. The molecule has 1 saturated heterocycles. The molecule has 0 radical (unpaired) electrons. The average Bonchev–Trinajstić information content (AvgIpc) is 2.78. The Morgan fingerprint density at radius 2 is 2.05 bits per heavy atom. The van der Waals surface area contributed by atoms with Gasteiger partial charge >= 0.3 is 0 Å². The standard InChI is InChI=1S/C15H21NO3S/c1-4-14(17)12-7-5-8-13(11-12)20(18,19)16-10-6-9-15(16,2)3/h5,7-8,11H,4,6,9-10H2,1-3H3. The third-order valence-electron chi connectivity index (χ3n) is 3.89. The smallest absolute Gasteiger partial charge is 0.243 e. The molecule has 2 rings (SSSR count). The van der Waals surface area contributed by atoms with Crippen LogP contribution >= 0.6 is 0 Å². The molecule has 1 aromatic rings. The summed E-state index contributed by atoms with van der Waals surface area (Å²) in [5.41, 5.74) is 0.106. The summed E-state index contributed by atoms with van der Waals surface area (Å²) in [5, 5.41) is 0. The molecule has 0 atom stereocenters. The number of rotatable bonds is 4. The minimum absolute atomic E-state index is 0.0391. The summed E-state index contributed by atoms with van der Waals surface area (Å²) >= 11 is 0. The maximum absolute atomic E-state index is 12.7. The predicted octanol–water partition coefficient (Wildman–Crippen LogP) is 2.84. The number of hydrogen-bond acceptors (Lipinski definition) is 3. The first-order chi connectivity index (χ1) is 9.29. The molecule has 0 N–H and O–H groups in total. The highest BCUT2D eigenvalue weighted by atomic mass is 32.2. The maximum atomic E-state index is 12.7. The van der Waals surface area contributed by atoms with Crippen molar-refractivity contribution >= 4 is 15.8 Å². The Balaban J connectivity index is 2.42. The number of ketones is 1. The maximum Gasteiger partial charge on any atom is 0.243 e. The van der Waals surface area contributed by atoms with E-state index in [0.717, 1.165) is 12.8 Å². The molecule has 20 heavy (non-hydrogen) atoms. The molecule has 0 unspecified atom stereocenters. The fourth-order valence-corrected chi connectivity index (χ4v) is 4.58. The van der Waals surface area contributed by atoms with Crippen molar-refractivity contribution in [1.29, 1.82) is 0 Å². The number of Topliss-reactive ketones (excluding diaryl/α,β-unsaturated/α-hetero) is 1. The number of hydrogen-bond donors (Lipinski definition) is 0. The van der Waals surface area contributed by atoms with Gasteiger partial charge in [-0.2, -0.15) is 4.31 Å². The van der Waals surface area contributed by atoms with Gasteiger partial charge in [0.05, 0.1) is 4.90 Å². The monoisotopic (exact) mass is 295 g/mol. The second-order valence-corrected chi connectivity index (χ2v) is 7.66. The lowest BCUT2D eigenvalue weighted by Crippen LogP contribution is -2.42. The van der Waals surface area contributed by atoms with Crippen LogP contribution in [0.15, 0.2) is 29.2 Å². The largest absolute Gasteiger partial charge is 0.294 e. The van der Waals surface area contributed by atoms with Crippen molar-refractivity contribution in [2.45, 2.75) is 50.5 Å². The van der Waals surface area contributed by atoms with Gasteiger partial charge in [-0.15, -0.1) is 0 Å². The highest BCUT2D eigenvalue weighted by Gasteiger charge is 2.40. The van der Waals surface area contributed by atoms with Crippen LogP contribution in [-0.2, 0) is 10.0 Å².